The highest BCUT2D eigenvalue weighted by Gasteiger charge is 2.06. The number of rotatable bonds is 6. The predicted molar refractivity (Wildman–Crippen MR) is 52.4 cm³/mol. The van der Waals surface area contributed by atoms with Crippen LogP contribution < -0.4 is 5.32 Å². The van der Waals surface area contributed by atoms with Crippen LogP contribution in [-0.2, 0) is 4.79 Å². The topological polar surface area (TPSA) is 29.1 Å². The summed E-state index contributed by atoms with van der Waals surface area (Å²) in [6.07, 6.45) is 3.30. The molecule has 12 heavy (non-hydrogen) atoms. The largest absolute Gasteiger partial charge is 0.356 e. The second-order valence-electron chi connectivity index (χ2n) is 3.07. The van der Waals surface area contributed by atoms with Gasteiger partial charge in [0.15, 0.2) is 0 Å². The van der Waals surface area contributed by atoms with E-state index in [1.807, 2.05) is 0 Å². The molecule has 0 aliphatic rings. The van der Waals surface area contributed by atoms with Crippen molar-refractivity contribution < 1.29 is 4.79 Å². The lowest BCUT2D eigenvalue weighted by atomic mass is 10.0. The number of carbonyl (C=O) groups excluding carboxylic acids is 1. The van der Waals surface area contributed by atoms with Crippen molar-refractivity contribution in [1.82, 2.24) is 5.32 Å². The molecule has 0 aliphatic heterocycles. The maximum atomic E-state index is 10.6. The zero-order valence-electron chi connectivity index (χ0n) is 7.90. The van der Waals surface area contributed by atoms with Gasteiger partial charge in [0.2, 0.25) is 5.91 Å². The van der Waals surface area contributed by atoms with E-state index in [-0.39, 0.29) is 5.91 Å². The number of alkyl halides is 1. The Morgan fingerprint density at radius 2 is 2.17 bits per heavy atom. The van der Waals surface area contributed by atoms with Crippen molar-refractivity contribution in [3.8, 4) is 0 Å². The summed E-state index contributed by atoms with van der Waals surface area (Å²) in [7, 11) is 0. The second-order valence-corrected chi connectivity index (χ2v) is 3.45. The van der Waals surface area contributed by atoms with Crippen LogP contribution in [-0.4, -0.2) is 18.3 Å². The van der Waals surface area contributed by atoms with Crippen LogP contribution in [0.25, 0.3) is 0 Å². The SMILES string of the molecule is CCCC(CCCl)CNC(C)=O. The Kier molecular flexibility index (Phi) is 7.26. The Hall–Kier alpha value is -0.240. The number of hydrogen-bond acceptors (Lipinski definition) is 1. The average molecular weight is 192 g/mol. The Labute approximate surface area is 79.7 Å². The number of carbonyl (C=O) groups is 1. The Bertz CT molecular complexity index is 122. The molecule has 1 amide bonds. The molecular formula is C9H18ClNO. The summed E-state index contributed by atoms with van der Waals surface area (Å²) in [5.41, 5.74) is 0. The van der Waals surface area contributed by atoms with E-state index in [0.717, 1.165) is 25.8 Å². The molecule has 0 saturated carbocycles. The van der Waals surface area contributed by atoms with Gasteiger partial charge in [-0.15, -0.1) is 11.6 Å². The summed E-state index contributed by atoms with van der Waals surface area (Å²) < 4.78 is 0. The molecule has 0 radical (unpaired) electrons. The Morgan fingerprint density at radius 1 is 1.50 bits per heavy atom. The minimum absolute atomic E-state index is 0.0469. The molecule has 1 atom stereocenters. The molecule has 0 aromatic heterocycles. The van der Waals surface area contributed by atoms with Crippen LogP contribution in [0.3, 0.4) is 0 Å². The van der Waals surface area contributed by atoms with Gasteiger partial charge in [-0.2, -0.15) is 0 Å². The van der Waals surface area contributed by atoms with Crippen molar-refractivity contribution in [2.75, 3.05) is 12.4 Å². The van der Waals surface area contributed by atoms with Crippen LogP contribution in [0.1, 0.15) is 33.1 Å². The third-order valence-corrected chi connectivity index (χ3v) is 2.07. The molecule has 0 spiro atoms. The first kappa shape index (κ1) is 11.8. The molecule has 0 rings (SSSR count). The summed E-state index contributed by atoms with van der Waals surface area (Å²) in [5.74, 6) is 1.28. The van der Waals surface area contributed by atoms with Crippen molar-refractivity contribution in [1.29, 1.82) is 0 Å². The van der Waals surface area contributed by atoms with Gasteiger partial charge in [-0.25, -0.2) is 0 Å². The molecule has 0 bridgehead atoms. The highest BCUT2D eigenvalue weighted by molar-refractivity contribution is 6.17. The smallest absolute Gasteiger partial charge is 0.216 e. The van der Waals surface area contributed by atoms with E-state index in [1.165, 1.54) is 0 Å². The molecule has 72 valence electrons. The third-order valence-electron chi connectivity index (χ3n) is 1.85. The summed E-state index contributed by atoms with van der Waals surface area (Å²) >= 11 is 5.63. The summed E-state index contributed by atoms with van der Waals surface area (Å²) in [6.45, 7) is 4.47. The van der Waals surface area contributed by atoms with E-state index in [9.17, 15) is 4.79 Å². The fourth-order valence-electron chi connectivity index (χ4n) is 1.20. The molecule has 1 N–H and O–H groups in total. The van der Waals surface area contributed by atoms with Gasteiger partial charge in [0.05, 0.1) is 0 Å². The molecule has 0 aliphatic carbocycles. The molecule has 0 saturated heterocycles. The molecule has 3 heteroatoms. The van der Waals surface area contributed by atoms with E-state index in [2.05, 4.69) is 12.2 Å². The lowest BCUT2D eigenvalue weighted by Crippen LogP contribution is -2.27. The fraction of sp³-hybridized carbons (Fsp3) is 0.889. The molecule has 0 aromatic rings. The zero-order valence-corrected chi connectivity index (χ0v) is 8.66. The van der Waals surface area contributed by atoms with E-state index >= 15 is 0 Å². The summed E-state index contributed by atoms with van der Waals surface area (Å²) in [6, 6.07) is 0. The molecule has 1 unspecified atom stereocenters. The first-order valence-corrected chi connectivity index (χ1v) is 5.04. The Balaban J connectivity index is 3.54. The highest BCUT2D eigenvalue weighted by Crippen LogP contribution is 2.10. The first-order chi connectivity index (χ1) is 5.70. The predicted octanol–water partition coefficient (Wildman–Crippen LogP) is 2.17. The van der Waals surface area contributed by atoms with E-state index in [1.54, 1.807) is 6.92 Å². The third kappa shape index (κ3) is 6.47. The quantitative estimate of drug-likeness (QED) is 0.641. The van der Waals surface area contributed by atoms with Gasteiger partial charge in [0.1, 0.15) is 0 Å². The van der Waals surface area contributed by atoms with Crippen molar-refractivity contribution >= 4 is 17.5 Å². The lowest BCUT2D eigenvalue weighted by molar-refractivity contribution is -0.119. The minimum atomic E-state index is 0.0469. The summed E-state index contributed by atoms with van der Waals surface area (Å²) in [4.78, 5) is 10.6. The lowest BCUT2D eigenvalue weighted by Gasteiger charge is -2.14. The van der Waals surface area contributed by atoms with Crippen LogP contribution in [0, 0.1) is 5.92 Å². The van der Waals surface area contributed by atoms with Crippen molar-refractivity contribution in [2.24, 2.45) is 5.92 Å². The van der Waals surface area contributed by atoms with E-state index < -0.39 is 0 Å². The Morgan fingerprint density at radius 3 is 2.58 bits per heavy atom. The van der Waals surface area contributed by atoms with Crippen LogP contribution in [0.4, 0.5) is 0 Å². The standard InChI is InChI=1S/C9H18ClNO/c1-3-4-9(5-6-10)7-11-8(2)12/h9H,3-7H2,1-2H3,(H,11,12). The molecule has 0 heterocycles. The van der Waals surface area contributed by atoms with E-state index in [4.69, 9.17) is 11.6 Å². The van der Waals surface area contributed by atoms with Crippen LogP contribution in [0.2, 0.25) is 0 Å². The number of halogens is 1. The number of hydrogen-bond donors (Lipinski definition) is 1. The second kappa shape index (κ2) is 7.41. The van der Waals surface area contributed by atoms with Gasteiger partial charge in [0.25, 0.3) is 0 Å². The highest BCUT2D eigenvalue weighted by atomic mass is 35.5. The van der Waals surface area contributed by atoms with Gasteiger partial charge in [-0.3, -0.25) is 4.79 Å². The maximum absolute atomic E-state index is 10.6. The number of nitrogens with one attached hydrogen (secondary N) is 1. The normalized spacial score (nSPS) is 12.6. The fourth-order valence-corrected chi connectivity index (χ4v) is 1.51. The summed E-state index contributed by atoms with van der Waals surface area (Å²) in [5, 5.41) is 2.82. The van der Waals surface area contributed by atoms with E-state index in [0.29, 0.717) is 11.8 Å². The van der Waals surface area contributed by atoms with Gasteiger partial charge in [-0.1, -0.05) is 13.3 Å². The van der Waals surface area contributed by atoms with Crippen LogP contribution >= 0.6 is 11.6 Å². The van der Waals surface area contributed by atoms with Crippen LogP contribution in [0.5, 0.6) is 0 Å². The monoisotopic (exact) mass is 191 g/mol. The zero-order chi connectivity index (χ0) is 9.40. The van der Waals surface area contributed by atoms with Crippen molar-refractivity contribution in [3.63, 3.8) is 0 Å². The first-order valence-electron chi connectivity index (χ1n) is 4.51. The number of amides is 1. The minimum Gasteiger partial charge on any atom is -0.356 e. The van der Waals surface area contributed by atoms with Crippen LogP contribution in [0.15, 0.2) is 0 Å². The van der Waals surface area contributed by atoms with Crippen molar-refractivity contribution in [3.05, 3.63) is 0 Å². The molecule has 0 fully saturated rings. The molecular weight excluding hydrogens is 174 g/mol. The van der Waals surface area contributed by atoms with Crippen molar-refractivity contribution in [2.45, 2.75) is 33.1 Å². The molecule has 0 aromatic carbocycles. The van der Waals surface area contributed by atoms with Gasteiger partial charge in [-0.05, 0) is 18.8 Å². The molecule has 2 nitrogen and oxygen atoms in total. The average Bonchev–Trinajstić information content (AvgIpc) is 2.01. The van der Waals surface area contributed by atoms with Gasteiger partial charge < -0.3 is 5.32 Å². The van der Waals surface area contributed by atoms with Gasteiger partial charge >= 0.3 is 0 Å². The maximum Gasteiger partial charge on any atom is 0.216 e. The van der Waals surface area contributed by atoms with Gasteiger partial charge in [0, 0.05) is 19.3 Å².